The van der Waals surface area contributed by atoms with Gasteiger partial charge in [-0.05, 0) is 24.6 Å². The SMILES string of the molecule is COc1cc(C(=O)N2CCN(Cc3csc(-c4ccccc4)n3)CC2)ccc1C. The lowest BCUT2D eigenvalue weighted by molar-refractivity contribution is 0.0627. The van der Waals surface area contributed by atoms with Crippen LogP contribution in [0, 0.1) is 6.92 Å². The molecule has 0 unspecified atom stereocenters. The first-order chi connectivity index (χ1) is 14.1. The molecule has 1 aliphatic rings. The van der Waals surface area contributed by atoms with Gasteiger partial charge in [0, 0.05) is 49.2 Å². The Morgan fingerprint density at radius 1 is 1.10 bits per heavy atom. The topological polar surface area (TPSA) is 45.7 Å². The van der Waals surface area contributed by atoms with Crippen molar-refractivity contribution >= 4 is 17.2 Å². The first-order valence-electron chi connectivity index (χ1n) is 9.80. The highest BCUT2D eigenvalue weighted by atomic mass is 32.1. The van der Waals surface area contributed by atoms with Gasteiger partial charge in [0.1, 0.15) is 10.8 Å². The van der Waals surface area contributed by atoms with E-state index >= 15 is 0 Å². The van der Waals surface area contributed by atoms with Crippen LogP contribution in [-0.2, 0) is 6.54 Å². The smallest absolute Gasteiger partial charge is 0.254 e. The summed E-state index contributed by atoms with van der Waals surface area (Å²) in [6, 6.07) is 15.9. The van der Waals surface area contributed by atoms with Crippen molar-refractivity contribution < 1.29 is 9.53 Å². The molecule has 6 heteroatoms. The minimum absolute atomic E-state index is 0.0722. The molecular formula is C23H25N3O2S. The zero-order valence-corrected chi connectivity index (χ0v) is 17.6. The normalized spacial score (nSPS) is 14.8. The number of carbonyl (C=O) groups excluding carboxylic acids is 1. The molecule has 2 heterocycles. The molecule has 2 aromatic carbocycles. The quantitative estimate of drug-likeness (QED) is 0.639. The van der Waals surface area contributed by atoms with E-state index in [0.717, 1.165) is 60.3 Å². The van der Waals surface area contributed by atoms with E-state index in [9.17, 15) is 4.79 Å². The summed E-state index contributed by atoms with van der Waals surface area (Å²) in [6.07, 6.45) is 0. The van der Waals surface area contributed by atoms with Crippen LogP contribution in [0.4, 0.5) is 0 Å². The van der Waals surface area contributed by atoms with Gasteiger partial charge in [-0.1, -0.05) is 36.4 Å². The van der Waals surface area contributed by atoms with Crippen molar-refractivity contribution in [1.82, 2.24) is 14.8 Å². The number of thiazole rings is 1. The monoisotopic (exact) mass is 407 g/mol. The van der Waals surface area contributed by atoms with Gasteiger partial charge in [-0.3, -0.25) is 9.69 Å². The number of aryl methyl sites for hydroxylation is 1. The maximum Gasteiger partial charge on any atom is 0.254 e. The number of rotatable bonds is 5. The summed E-state index contributed by atoms with van der Waals surface area (Å²) in [5, 5.41) is 3.20. The molecule has 0 N–H and O–H groups in total. The van der Waals surface area contributed by atoms with E-state index in [1.54, 1.807) is 18.4 Å². The molecule has 0 spiro atoms. The third kappa shape index (κ3) is 4.49. The first kappa shape index (κ1) is 19.6. The second-order valence-electron chi connectivity index (χ2n) is 7.26. The Labute approximate surface area is 175 Å². The molecular weight excluding hydrogens is 382 g/mol. The Balaban J connectivity index is 1.34. The number of ether oxygens (including phenoxy) is 1. The molecule has 0 bridgehead atoms. The number of piperazine rings is 1. The van der Waals surface area contributed by atoms with E-state index in [2.05, 4.69) is 22.4 Å². The van der Waals surface area contributed by atoms with Gasteiger partial charge in [-0.2, -0.15) is 0 Å². The van der Waals surface area contributed by atoms with Crippen molar-refractivity contribution in [2.75, 3.05) is 33.3 Å². The fraction of sp³-hybridized carbons (Fsp3) is 0.304. The number of hydrogen-bond acceptors (Lipinski definition) is 5. The Hall–Kier alpha value is -2.70. The van der Waals surface area contributed by atoms with E-state index in [0.29, 0.717) is 5.56 Å². The lowest BCUT2D eigenvalue weighted by atomic mass is 10.1. The van der Waals surface area contributed by atoms with Gasteiger partial charge in [0.15, 0.2) is 0 Å². The van der Waals surface area contributed by atoms with Gasteiger partial charge in [-0.15, -0.1) is 11.3 Å². The first-order valence-corrected chi connectivity index (χ1v) is 10.7. The largest absolute Gasteiger partial charge is 0.496 e. The van der Waals surface area contributed by atoms with Crippen LogP contribution in [0.15, 0.2) is 53.9 Å². The minimum Gasteiger partial charge on any atom is -0.496 e. The number of aromatic nitrogens is 1. The maximum atomic E-state index is 12.8. The van der Waals surface area contributed by atoms with Crippen LogP contribution in [0.1, 0.15) is 21.6 Å². The number of carbonyl (C=O) groups is 1. The summed E-state index contributed by atoms with van der Waals surface area (Å²) < 4.78 is 5.36. The summed E-state index contributed by atoms with van der Waals surface area (Å²) in [6.45, 7) is 5.96. The minimum atomic E-state index is 0.0722. The van der Waals surface area contributed by atoms with E-state index in [1.165, 1.54) is 0 Å². The van der Waals surface area contributed by atoms with Crippen LogP contribution in [0.2, 0.25) is 0 Å². The average Bonchev–Trinajstić information content (AvgIpc) is 3.23. The van der Waals surface area contributed by atoms with Gasteiger partial charge in [0.05, 0.1) is 12.8 Å². The van der Waals surface area contributed by atoms with Crippen LogP contribution < -0.4 is 4.74 Å². The van der Waals surface area contributed by atoms with E-state index in [1.807, 2.05) is 48.2 Å². The second-order valence-corrected chi connectivity index (χ2v) is 8.12. The molecule has 1 fully saturated rings. The van der Waals surface area contributed by atoms with Crippen LogP contribution in [-0.4, -0.2) is 54.0 Å². The highest BCUT2D eigenvalue weighted by Gasteiger charge is 2.23. The molecule has 1 saturated heterocycles. The highest BCUT2D eigenvalue weighted by molar-refractivity contribution is 7.13. The summed E-state index contributed by atoms with van der Waals surface area (Å²) in [5.74, 6) is 0.829. The summed E-state index contributed by atoms with van der Waals surface area (Å²) in [7, 11) is 1.64. The predicted molar refractivity (Wildman–Crippen MR) is 116 cm³/mol. The fourth-order valence-electron chi connectivity index (χ4n) is 3.57. The Kier molecular flexibility index (Phi) is 5.92. The van der Waals surface area contributed by atoms with Crippen molar-refractivity contribution in [2.24, 2.45) is 0 Å². The van der Waals surface area contributed by atoms with Crippen LogP contribution in [0.25, 0.3) is 10.6 Å². The second kappa shape index (κ2) is 8.76. The molecule has 29 heavy (non-hydrogen) atoms. The van der Waals surface area contributed by atoms with Crippen molar-refractivity contribution in [1.29, 1.82) is 0 Å². The molecule has 0 saturated carbocycles. The van der Waals surface area contributed by atoms with Crippen LogP contribution in [0.5, 0.6) is 5.75 Å². The lowest BCUT2D eigenvalue weighted by Crippen LogP contribution is -2.48. The molecule has 0 radical (unpaired) electrons. The van der Waals surface area contributed by atoms with Gasteiger partial charge >= 0.3 is 0 Å². The number of amides is 1. The Morgan fingerprint density at radius 2 is 1.86 bits per heavy atom. The van der Waals surface area contributed by atoms with Gasteiger partial charge in [0.2, 0.25) is 0 Å². The Bertz CT molecular complexity index is 979. The van der Waals surface area contributed by atoms with E-state index in [4.69, 9.17) is 9.72 Å². The summed E-state index contributed by atoms with van der Waals surface area (Å²) in [4.78, 5) is 21.9. The zero-order chi connectivity index (χ0) is 20.2. The molecule has 1 amide bonds. The highest BCUT2D eigenvalue weighted by Crippen LogP contribution is 2.24. The third-order valence-corrected chi connectivity index (χ3v) is 6.21. The molecule has 1 aromatic heterocycles. The van der Waals surface area contributed by atoms with Crippen molar-refractivity contribution in [3.05, 3.63) is 70.7 Å². The van der Waals surface area contributed by atoms with E-state index < -0.39 is 0 Å². The molecule has 150 valence electrons. The molecule has 0 atom stereocenters. The molecule has 1 aliphatic heterocycles. The standard InChI is InChI=1S/C23H25N3O2S/c1-17-8-9-19(14-21(17)28-2)23(27)26-12-10-25(11-13-26)15-20-16-29-22(24-20)18-6-4-3-5-7-18/h3-9,14,16H,10-13,15H2,1-2H3. The summed E-state index contributed by atoms with van der Waals surface area (Å²) in [5.41, 5.74) is 3.98. The average molecular weight is 408 g/mol. The third-order valence-electron chi connectivity index (χ3n) is 5.27. The van der Waals surface area contributed by atoms with Crippen molar-refractivity contribution in [2.45, 2.75) is 13.5 Å². The molecule has 0 aliphatic carbocycles. The Morgan fingerprint density at radius 3 is 2.59 bits per heavy atom. The molecule has 5 nitrogen and oxygen atoms in total. The lowest BCUT2D eigenvalue weighted by Gasteiger charge is -2.34. The van der Waals surface area contributed by atoms with Crippen molar-refractivity contribution in [3.8, 4) is 16.3 Å². The van der Waals surface area contributed by atoms with Crippen LogP contribution >= 0.6 is 11.3 Å². The predicted octanol–water partition coefficient (Wildman–Crippen LogP) is 4.09. The molecule has 4 rings (SSSR count). The zero-order valence-electron chi connectivity index (χ0n) is 16.8. The van der Waals surface area contributed by atoms with Gasteiger partial charge in [0.25, 0.3) is 5.91 Å². The van der Waals surface area contributed by atoms with Gasteiger partial charge < -0.3 is 9.64 Å². The fourth-order valence-corrected chi connectivity index (χ4v) is 4.38. The van der Waals surface area contributed by atoms with Gasteiger partial charge in [-0.25, -0.2) is 4.98 Å². The van der Waals surface area contributed by atoms with Crippen LogP contribution in [0.3, 0.4) is 0 Å². The number of nitrogens with zero attached hydrogens (tertiary/aromatic N) is 3. The van der Waals surface area contributed by atoms with E-state index in [-0.39, 0.29) is 5.91 Å². The molecule has 3 aromatic rings. The maximum absolute atomic E-state index is 12.8. The number of benzene rings is 2. The summed E-state index contributed by atoms with van der Waals surface area (Å²) >= 11 is 1.68. The van der Waals surface area contributed by atoms with Crippen molar-refractivity contribution in [3.63, 3.8) is 0 Å². The number of hydrogen-bond donors (Lipinski definition) is 0. The number of methoxy groups -OCH3 is 1.